The molecule has 0 aliphatic carbocycles. The highest BCUT2D eigenvalue weighted by Crippen LogP contribution is 2.24. The molecule has 0 saturated carbocycles. The Kier molecular flexibility index (Phi) is 4.06. The third kappa shape index (κ3) is 4.44. The van der Waals surface area contributed by atoms with Crippen LogP contribution in [0.3, 0.4) is 0 Å². The molecule has 0 spiro atoms. The minimum absolute atomic E-state index is 0.116. The Morgan fingerprint density at radius 1 is 1.19 bits per heavy atom. The van der Waals surface area contributed by atoms with Crippen molar-refractivity contribution < 1.29 is 22.7 Å². The number of nitrogens with one attached hydrogen (secondary N) is 1. The molecule has 1 heterocycles. The highest BCUT2D eigenvalue weighted by Gasteiger charge is 2.30. The molecule has 5 nitrogen and oxygen atoms in total. The Morgan fingerprint density at radius 2 is 1.86 bits per heavy atom. The van der Waals surface area contributed by atoms with E-state index in [-0.39, 0.29) is 11.4 Å². The lowest BCUT2D eigenvalue weighted by Crippen LogP contribution is -2.17. The van der Waals surface area contributed by atoms with Gasteiger partial charge in [-0.3, -0.25) is 9.78 Å². The fraction of sp³-hybridized carbons (Fsp3) is 0.154. The lowest BCUT2D eigenvalue weighted by molar-refractivity contribution is -0.274. The van der Waals surface area contributed by atoms with E-state index in [2.05, 4.69) is 20.0 Å². The van der Waals surface area contributed by atoms with E-state index in [1.165, 1.54) is 24.5 Å². The van der Waals surface area contributed by atoms with Gasteiger partial charge in [-0.15, -0.1) is 13.2 Å². The van der Waals surface area contributed by atoms with Crippen LogP contribution in [0.1, 0.15) is 16.2 Å². The van der Waals surface area contributed by atoms with Gasteiger partial charge in [-0.1, -0.05) is 0 Å². The van der Waals surface area contributed by atoms with Crippen LogP contribution in [0, 0.1) is 6.92 Å². The topological polar surface area (TPSA) is 64.1 Å². The predicted molar refractivity (Wildman–Crippen MR) is 67.8 cm³/mol. The number of amides is 1. The molecule has 0 aliphatic heterocycles. The van der Waals surface area contributed by atoms with Crippen molar-refractivity contribution in [2.24, 2.45) is 0 Å². The number of hydrogen-bond donors (Lipinski definition) is 1. The zero-order chi connectivity index (χ0) is 15.5. The molecule has 1 aromatic carbocycles. The molecule has 21 heavy (non-hydrogen) atoms. The molecule has 110 valence electrons. The number of carbonyl (C=O) groups excluding carboxylic acids is 1. The van der Waals surface area contributed by atoms with Gasteiger partial charge in [-0.05, 0) is 31.2 Å². The Labute approximate surface area is 117 Å². The third-order valence-corrected chi connectivity index (χ3v) is 2.33. The molecule has 0 aliphatic rings. The number of benzene rings is 1. The van der Waals surface area contributed by atoms with E-state index < -0.39 is 12.3 Å². The molecule has 2 aromatic rings. The van der Waals surface area contributed by atoms with Gasteiger partial charge in [-0.25, -0.2) is 4.98 Å². The number of anilines is 1. The maximum Gasteiger partial charge on any atom is 0.573 e. The van der Waals surface area contributed by atoms with Crippen molar-refractivity contribution in [2.75, 3.05) is 5.32 Å². The van der Waals surface area contributed by atoms with Crippen LogP contribution in [0.25, 0.3) is 0 Å². The Balaban J connectivity index is 2.05. The second-order valence-electron chi connectivity index (χ2n) is 4.07. The molecule has 0 atom stereocenters. The second kappa shape index (κ2) is 5.78. The zero-order valence-electron chi connectivity index (χ0n) is 10.8. The number of hydrogen-bond acceptors (Lipinski definition) is 4. The van der Waals surface area contributed by atoms with E-state index >= 15 is 0 Å². The van der Waals surface area contributed by atoms with E-state index in [0.29, 0.717) is 11.4 Å². The number of ether oxygens (including phenoxy) is 1. The van der Waals surface area contributed by atoms with Crippen LogP contribution >= 0.6 is 0 Å². The van der Waals surface area contributed by atoms with Crippen molar-refractivity contribution in [1.29, 1.82) is 0 Å². The van der Waals surface area contributed by atoms with Gasteiger partial charge < -0.3 is 10.1 Å². The number of halogens is 3. The largest absolute Gasteiger partial charge is 0.573 e. The summed E-state index contributed by atoms with van der Waals surface area (Å²) in [7, 11) is 0. The smallest absolute Gasteiger partial charge is 0.406 e. The summed E-state index contributed by atoms with van der Waals surface area (Å²) >= 11 is 0. The number of rotatable bonds is 3. The van der Waals surface area contributed by atoms with Crippen molar-refractivity contribution in [3.8, 4) is 5.75 Å². The van der Waals surface area contributed by atoms with Gasteiger partial charge in [0, 0.05) is 11.9 Å². The van der Waals surface area contributed by atoms with Gasteiger partial charge in [0.2, 0.25) is 0 Å². The molecule has 0 radical (unpaired) electrons. The first-order valence-corrected chi connectivity index (χ1v) is 5.79. The van der Waals surface area contributed by atoms with Crippen molar-refractivity contribution in [3.63, 3.8) is 0 Å². The molecule has 1 aromatic heterocycles. The van der Waals surface area contributed by atoms with Gasteiger partial charge in [-0.2, -0.15) is 0 Å². The molecule has 8 heteroatoms. The summed E-state index contributed by atoms with van der Waals surface area (Å²) in [5.41, 5.74) is 1.01. The van der Waals surface area contributed by atoms with Crippen molar-refractivity contribution in [3.05, 3.63) is 48.0 Å². The molecular formula is C13H10F3N3O2. The van der Waals surface area contributed by atoms with Crippen molar-refractivity contribution >= 4 is 11.6 Å². The Hall–Kier alpha value is -2.64. The third-order valence-electron chi connectivity index (χ3n) is 2.33. The lowest BCUT2D eigenvalue weighted by atomic mass is 10.3. The van der Waals surface area contributed by atoms with Crippen molar-refractivity contribution in [1.82, 2.24) is 9.97 Å². The summed E-state index contributed by atoms with van der Waals surface area (Å²) in [6.07, 6.45) is -1.95. The normalized spacial score (nSPS) is 11.0. The molecule has 0 unspecified atom stereocenters. The van der Waals surface area contributed by atoms with Crippen LogP contribution < -0.4 is 10.1 Å². The average Bonchev–Trinajstić information content (AvgIpc) is 2.39. The van der Waals surface area contributed by atoms with E-state index in [4.69, 9.17) is 0 Å². The van der Waals surface area contributed by atoms with Crippen LogP contribution in [0.5, 0.6) is 5.75 Å². The zero-order valence-corrected chi connectivity index (χ0v) is 10.8. The summed E-state index contributed by atoms with van der Waals surface area (Å²) in [5.74, 6) is -0.869. The van der Waals surface area contributed by atoms with Gasteiger partial charge in [0.1, 0.15) is 11.4 Å². The molecule has 2 rings (SSSR count). The minimum Gasteiger partial charge on any atom is -0.406 e. The van der Waals surface area contributed by atoms with E-state index in [1.54, 1.807) is 6.92 Å². The molecule has 1 N–H and O–H groups in total. The van der Waals surface area contributed by atoms with Crippen molar-refractivity contribution in [2.45, 2.75) is 13.3 Å². The number of aryl methyl sites for hydroxylation is 1. The number of nitrogens with zero attached hydrogens (tertiary/aromatic N) is 2. The molecule has 1 amide bonds. The Morgan fingerprint density at radius 3 is 2.43 bits per heavy atom. The summed E-state index contributed by atoms with van der Waals surface area (Å²) in [6, 6.07) is 4.79. The Bertz CT molecular complexity index is 642. The van der Waals surface area contributed by atoms with E-state index in [1.807, 2.05) is 0 Å². The van der Waals surface area contributed by atoms with Gasteiger partial charge >= 0.3 is 6.36 Å². The number of carbonyl (C=O) groups is 1. The fourth-order valence-corrected chi connectivity index (χ4v) is 1.51. The fourth-order valence-electron chi connectivity index (χ4n) is 1.51. The van der Waals surface area contributed by atoms with Gasteiger partial charge in [0.15, 0.2) is 0 Å². The summed E-state index contributed by atoms with van der Waals surface area (Å²) in [5, 5.41) is 2.50. The first kappa shape index (κ1) is 14.8. The maximum atomic E-state index is 12.0. The lowest BCUT2D eigenvalue weighted by Gasteiger charge is -2.09. The summed E-state index contributed by atoms with van der Waals surface area (Å²) < 4.78 is 39.7. The van der Waals surface area contributed by atoms with Crippen LogP contribution in [-0.2, 0) is 0 Å². The number of aromatic nitrogens is 2. The molecule has 0 fully saturated rings. The van der Waals surface area contributed by atoms with Crippen LogP contribution in [0.4, 0.5) is 18.9 Å². The first-order chi connectivity index (χ1) is 9.83. The average molecular weight is 297 g/mol. The van der Waals surface area contributed by atoms with Gasteiger partial charge in [0.05, 0.1) is 11.9 Å². The van der Waals surface area contributed by atoms with E-state index in [9.17, 15) is 18.0 Å². The standard InChI is InChI=1S/C13H10F3N3O2/c1-8-6-17-7-11(18-8)12(20)19-9-2-4-10(5-3-9)21-13(14,15)16/h2-7H,1H3,(H,19,20). The molecule has 0 bridgehead atoms. The second-order valence-corrected chi connectivity index (χ2v) is 4.07. The summed E-state index contributed by atoms with van der Waals surface area (Å²) in [4.78, 5) is 19.7. The van der Waals surface area contributed by atoms with Crippen LogP contribution in [0.15, 0.2) is 36.7 Å². The SMILES string of the molecule is Cc1cncc(C(=O)Nc2ccc(OC(F)(F)F)cc2)n1. The van der Waals surface area contributed by atoms with E-state index in [0.717, 1.165) is 12.1 Å². The highest BCUT2D eigenvalue weighted by molar-refractivity contribution is 6.02. The minimum atomic E-state index is -4.75. The monoisotopic (exact) mass is 297 g/mol. The quantitative estimate of drug-likeness (QED) is 0.946. The van der Waals surface area contributed by atoms with Gasteiger partial charge in [0.25, 0.3) is 5.91 Å². The van der Waals surface area contributed by atoms with Crippen LogP contribution in [0.2, 0.25) is 0 Å². The molecule has 0 saturated heterocycles. The summed E-state index contributed by atoms with van der Waals surface area (Å²) in [6.45, 7) is 1.69. The maximum absolute atomic E-state index is 12.0. The van der Waals surface area contributed by atoms with Crippen LogP contribution in [-0.4, -0.2) is 22.2 Å². The highest BCUT2D eigenvalue weighted by atomic mass is 19.4. The molecular weight excluding hydrogens is 287 g/mol. The predicted octanol–water partition coefficient (Wildman–Crippen LogP) is 2.94. The number of alkyl halides is 3. The first-order valence-electron chi connectivity index (χ1n) is 5.79.